The van der Waals surface area contributed by atoms with Crippen molar-refractivity contribution in [2.75, 3.05) is 14.1 Å². The highest BCUT2D eigenvalue weighted by Gasteiger charge is 2.64. The molecule has 12 heteroatoms. The smallest absolute Gasteiger partial charge is 0.270 e. The third-order valence-electron chi connectivity index (χ3n) is 8.55. The lowest BCUT2D eigenvalue weighted by Crippen LogP contribution is -2.65. The van der Waals surface area contributed by atoms with E-state index in [4.69, 9.17) is 5.73 Å². The van der Waals surface area contributed by atoms with E-state index < -0.39 is 63.0 Å². The molecule has 3 aliphatic rings. The van der Waals surface area contributed by atoms with Gasteiger partial charge in [0.1, 0.15) is 22.8 Å². The van der Waals surface area contributed by atoms with Gasteiger partial charge < -0.3 is 26.2 Å². The monoisotopic (exact) mass is 563 g/mol. The molecule has 0 heterocycles. The number of ketones is 2. The van der Waals surface area contributed by atoms with Gasteiger partial charge in [-0.2, -0.15) is 0 Å². The molecule has 2 aromatic carbocycles. The number of Topliss-reactive ketones (excluding diaryl/α,β-unsaturated/α-hetero) is 2. The Balaban J connectivity index is 1.78. The van der Waals surface area contributed by atoms with Gasteiger partial charge in [0.15, 0.2) is 11.4 Å². The molecule has 1 fully saturated rings. The van der Waals surface area contributed by atoms with Crippen LogP contribution in [-0.4, -0.2) is 73.5 Å². The highest BCUT2D eigenvalue weighted by Crippen LogP contribution is 2.54. The van der Waals surface area contributed by atoms with Crippen LogP contribution >= 0.6 is 0 Å². The molecule has 6 N–H and O–H groups in total. The Morgan fingerprint density at radius 3 is 2.46 bits per heavy atom. The highest BCUT2D eigenvalue weighted by molar-refractivity contribution is 6.24. The van der Waals surface area contributed by atoms with Crippen LogP contribution in [0.2, 0.25) is 0 Å². The molecule has 12 nitrogen and oxygen atoms in total. The number of phenols is 1. The second-order valence-electron chi connectivity index (χ2n) is 10.9. The van der Waals surface area contributed by atoms with Crippen LogP contribution in [0.3, 0.4) is 0 Å². The number of amides is 1. The van der Waals surface area contributed by atoms with Gasteiger partial charge in [0.05, 0.1) is 16.5 Å². The van der Waals surface area contributed by atoms with Crippen LogP contribution in [0.4, 0.5) is 5.69 Å². The minimum absolute atomic E-state index is 0.0536. The first-order valence-electron chi connectivity index (χ1n) is 13.0. The predicted octanol–water partition coefficient (Wildman–Crippen LogP) is 2.10. The number of nitro benzene ring substituents is 1. The molecule has 2 aromatic rings. The maximum Gasteiger partial charge on any atom is 0.270 e. The molecular weight excluding hydrogens is 534 g/mol. The number of nitrogens with zero attached hydrogens (tertiary/aromatic N) is 2. The van der Waals surface area contributed by atoms with E-state index in [-0.39, 0.29) is 35.4 Å². The summed E-state index contributed by atoms with van der Waals surface area (Å²) in [6.07, 6.45) is 0.339. The van der Waals surface area contributed by atoms with E-state index in [0.29, 0.717) is 28.7 Å². The Labute approximate surface area is 234 Å². The van der Waals surface area contributed by atoms with E-state index in [1.807, 2.05) is 0 Å². The highest BCUT2D eigenvalue weighted by atomic mass is 16.6. The van der Waals surface area contributed by atoms with Gasteiger partial charge >= 0.3 is 0 Å². The molecule has 5 rings (SSSR count). The lowest BCUT2D eigenvalue weighted by molar-refractivity contribution is -0.384. The van der Waals surface area contributed by atoms with Gasteiger partial charge in [-0.25, -0.2) is 0 Å². The summed E-state index contributed by atoms with van der Waals surface area (Å²) in [6, 6.07) is 6.40. The number of primary amides is 1. The minimum Gasteiger partial charge on any atom is -0.508 e. The second-order valence-corrected chi connectivity index (χ2v) is 10.9. The number of rotatable bonds is 5. The number of likely N-dealkylation sites (N-methyl/N-ethyl adjacent to an activating group) is 1. The van der Waals surface area contributed by atoms with Crippen molar-refractivity contribution in [3.8, 4) is 16.9 Å². The maximum absolute atomic E-state index is 14.0. The van der Waals surface area contributed by atoms with E-state index in [9.17, 15) is 44.9 Å². The molecule has 1 amide bonds. The van der Waals surface area contributed by atoms with E-state index in [1.54, 1.807) is 19.1 Å². The van der Waals surface area contributed by atoms with Crippen molar-refractivity contribution in [2.45, 2.75) is 37.8 Å². The number of non-ortho nitro benzene ring substituents is 1. The zero-order valence-electron chi connectivity index (χ0n) is 22.5. The van der Waals surface area contributed by atoms with E-state index in [0.717, 1.165) is 0 Å². The third kappa shape index (κ3) is 3.85. The molecule has 0 aromatic heterocycles. The van der Waals surface area contributed by atoms with Crippen LogP contribution in [-0.2, 0) is 27.2 Å². The number of aliphatic hydroxyl groups is 3. The number of aromatic hydroxyl groups is 1. The average molecular weight is 564 g/mol. The van der Waals surface area contributed by atoms with Crippen LogP contribution in [0, 0.1) is 22.0 Å². The largest absolute Gasteiger partial charge is 0.508 e. The number of hydrogen-bond acceptors (Lipinski definition) is 10. The van der Waals surface area contributed by atoms with Gasteiger partial charge in [-0.3, -0.25) is 29.4 Å². The summed E-state index contributed by atoms with van der Waals surface area (Å²) in [6.45, 7) is 1.77. The summed E-state index contributed by atoms with van der Waals surface area (Å²) in [7, 11) is 3.05. The first kappa shape index (κ1) is 28.0. The first-order valence-corrected chi connectivity index (χ1v) is 13.0. The molecular formula is C29H29N3O9. The van der Waals surface area contributed by atoms with Crippen molar-refractivity contribution in [2.24, 2.45) is 17.6 Å². The van der Waals surface area contributed by atoms with Gasteiger partial charge in [-0.15, -0.1) is 0 Å². The molecule has 214 valence electrons. The van der Waals surface area contributed by atoms with Crippen molar-refractivity contribution < 1.29 is 39.7 Å². The molecule has 41 heavy (non-hydrogen) atoms. The number of aryl methyl sites for hydroxylation is 1. The van der Waals surface area contributed by atoms with Crippen LogP contribution in [0.25, 0.3) is 16.9 Å². The topological polar surface area (TPSA) is 205 Å². The number of aliphatic hydroxyl groups excluding tert-OH is 2. The lowest BCUT2D eigenvalue weighted by atomic mass is 9.57. The summed E-state index contributed by atoms with van der Waals surface area (Å²) in [5.74, 6) is -7.26. The molecule has 0 aliphatic heterocycles. The number of carbonyl (C=O) groups is 3. The Bertz CT molecular complexity index is 1620. The van der Waals surface area contributed by atoms with Crippen LogP contribution in [0.15, 0.2) is 47.2 Å². The fourth-order valence-electron chi connectivity index (χ4n) is 6.68. The zero-order chi connectivity index (χ0) is 30.1. The average Bonchev–Trinajstić information content (AvgIpc) is 2.90. The fourth-order valence-corrected chi connectivity index (χ4v) is 6.68. The Kier molecular flexibility index (Phi) is 6.51. The van der Waals surface area contributed by atoms with E-state index in [1.165, 1.54) is 37.2 Å². The number of nitro groups is 1. The standard InChI is InChI=1S/C29H29N3O9/c1-4-12-9-16(13-6-5-7-15(8-13)32(40)41)17-10-14-11-18-22(31(2)3)25(35)21(28(30)38)27(37)29(18,39)26(36)19(14)24(34)20(17)23(12)33/h5-9,14,18,22,33-34,37,39H,4,10-11H2,1-3H3,(H2,30,38)/t14-,18-,22-,29-/m0/s1. The predicted molar refractivity (Wildman–Crippen MR) is 146 cm³/mol. The molecule has 4 atom stereocenters. The normalized spacial score (nSPS) is 25.6. The van der Waals surface area contributed by atoms with Crippen LogP contribution in [0.1, 0.15) is 30.0 Å². The minimum atomic E-state index is -2.73. The van der Waals surface area contributed by atoms with Gasteiger partial charge in [-0.1, -0.05) is 19.1 Å². The summed E-state index contributed by atoms with van der Waals surface area (Å²) in [4.78, 5) is 51.8. The van der Waals surface area contributed by atoms with Gasteiger partial charge in [0, 0.05) is 23.6 Å². The molecule has 3 aliphatic carbocycles. The van der Waals surface area contributed by atoms with E-state index >= 15 is 0 Å². The summed E-state index contributed by atoms with van der Waals surface area (Å²) in [5, 5.41) is 56.9. The third-order valence-corrected chi connectivity index (χ3v) is 8.55. The lowest BCUT2D eigenvalue weighted by Gasteiger charge is -2.50. The van der Waals surface area contributed by atoms with Crippen LogP contribution < -0.4 is 5.73 Å². The number of hydrogen-bond donors (Lipinski definition) is 5. The molecule has 0 bridgehead atoms. The Morgan fingerprint density at radius 1 is 1.20 bits per heavy atom. The molecule has 0 radical (unpaired) electrons. The molecule has 0 unspecified atom stereocenters. The summed E-state index contributed by atoms with van der Waals surface area (Å²) in [5.41, 5.74) is 3.10. The van der Waals surface area contributed by atoms with Gasteiger partial charge in [0.2, 0.25) is 5.78 Å². The molecule has 0 spiro atoms. The number of fused-ring (bicyclic) bond motifs is 3. The quantitative estimate of drug-likeness (QED) is 0.203. The SMILES string of the molecule is CCc1cc(-c2cccc([N+](=O)[O-])c2)c2c(c1O)C(O)=C1C(=O)[C@]3(O)C(O)=C(C(N)=O)C(=O)[C@@H](N(C)C)[C@@H]3C[C@@H]1C2. The number of carbonyl (C=O) groups excluding carboxylic acids is 3. The zero-order valence-corrected chi connectivity index (χ0v) is 22.5. The number of nitrogens with two attached hydrogens (primary N) is 1. The number of benzene rings is 2. The van der Waals surface area contributed by atoms with Crippen molar-refractivity contribution >= 4 is 28.9 Å². The summed E-state index contributed by atoms with van der Waals surface area (Å²) >= 11 is 0. The van der Waals surface area contributed by atoms with E-state index in [2.05, 4.69) is 0 Å². The molecule has 0 saturated heterocycles. The van der Waals surface area contributed by atoms with Crippen LogP contribution in [0.5, 0.6) is 5.75 Å². The first-order chi connectivity index (χ1) is 19.2. The van der Waals surface area contributed by atoms with Crippen molar-refractivity contribution in [3.05, 3.63) is 74.0 Å². The van der Waals surface area contributed by atoms with Crippen molar-refractivity contribution in [1.82, 2.24) is 4.90 Å². The van der Waals surface area contributed by atoms with Crippen molar-refractivity contribution in [3.63, 3.8) is 0 Å². The fraction of sp³-hybridized carbons (Fsp3) is 0.345. The number of phenolic OH excluding ortho intramolecular Hbond substituents is 1. The van der Waals surface area contributed by atoms with Crippen molar-refractivity contribution in [1.29, 1.82) is 0 Å². The maximum atomic E-state index is 14.0. The second kappa shape index (κ2) is 9.53. The molecule has 1 saturated carbocycles. The van der Waals surface area contributed by atoms with Gasteiger partial charge in [-0.05, 0) is 67.6 Å². The Hall–Kier alpha value is -4.55. The Morgan fingerprint density at radius 2 is 1.88 bits per heavy atom. The van der Waals surface area contributed by atoms with Gasteiger partial charge in [0.25, 0.3) is 11.6 Å². The summed E-state index contributed by atoms with van der Waals surface area (Å²) < 4.78 is 0.